The Balaban J connectivity index is 1.49. The minimum Gasteiger partial charge on any atom is -0.396 e. The maximum absolute atomic E-state index is 12.5. The summed E-state index contributed by atoms with van der Waals surface area (Å²) in [7, 11) is 0. The summed E-state index contributed by atoms with van der Waals surface area (Å²) < 4.78 is 0. The van der Waals surface area contributed by atoms with Gasteiger partial charge in [-0.3, -0.25) is 9.78 Å². The van der Waals surface area contributed by atoms with Crippen LogP contribution in [0, 0.1) is 5.92 Å². The lowest BCUT2D eigenvalue weighted by Gasteiger charge is -2.17. The van der Waals surface area contributed by atoms with Gasteiger partial charge < -0.3 is 15.3 Å². The van der Waals surface area contributed by atoms with Gasteiger partial charge in [-0.05, 0) is 55.2 Å². The molecule has 3 rings (SSSR count). The molecule has 2 N–H and O–H groups in total. The summed E-state index contributed by atoms with van der Waals surface area (Å²) in [5.74, 6) is 0.516. The molecule has 0 saturated carbocycles. The number of rotatable bonds is 7. The van der Waals surface area contributed by atoms with E-state index in [1.54, 1.807) is 6.20 Å². The third kappa shape index (κ3) is 4.79. The molecule has 0 spiro atoms. The lowest BCUT2D eigenvalue weighted by atomic mass is 10.1. The van der Waals surface area contributed by atoms with Crippen LogP contribution in [0.2, 0.25) is 0 Å². The molecule has 0 radical (unpaired) electrons. The zero-order valence-corrected chi connectivity index (χ0v) is 14.4. The molecule has 1 saturated heterocycles. The normalized spacial score (nSPS) is 16.8. The van der Waals surface area contributed by atoms with Gasteiger partial charge in [0.2, 0.25) is 0 Å². The van der Waals surface area contributed by atoms with E-state index in [0.717, 1.165) is 55.8 Å². The van der Waals surface area contributed by atoms with Crippen molar-refractivity contribution in [3.8, 4) is 0 Å². The molecule has 1 atom stereocenters. The molecule has 25 heavy (non-hydrogen) atoms. The number of aromatic nitrogens is 1. The fraction of sp³-hybridized carbons (Fsp3) is 0.400. The summed E-state index contributed by atoms with van der Waals surface area (Å²) in [6.45, 7) is 2.54. The van der Waals surface area contributed by atoms with Gasteiger partial charge in [0, 0.05) is 55.8 Å². The number of anilines is 1. The molecule has 2 heterocycles. The number of carbonyl (C=O) groups excluding carboxylic acids is 1. The Bertz CT molecular complexity index is 673. The van der Waals surface area contributed by atoms with Gasteiger partial charge in [0.15, 0.2) is 0 Å². The summed E-state index contributed by atoms with van der Waals surface area (Å²) in [4.78, 5) is 18.7. The molecule has 5 heteroatoms. The second-order valence-electron chi connectivity index (χ2n) is 6.49. The largest absolute Gasteiger partial charge is 0.396 e. The highest BCUT2D eigenvalue weighted by molar-refractivity contribution is 5.94. The number of aliphatic hydroxyl groups excluding tert-OH is 1. The zero-order valence-electron chi connectivity index (χ0n) is 14.4. The second-order valence-corrected chi connectivity index (χ2v) is 6.49. The molecule has 2 aromatic rings. The smallest absolute Gasteiger partial charge is 0.253 e. The van der Waals surface area contributed by atoms with Gasteiger partial charge in [-0.1, -0.05) is 6.07 Å². The first kappa shape index (κ1) is 17.4. The van der Waals surface area contributed by atoms with E-state index in [1.165, 1.54) is 0 Å². The average Bonchev–Trinajstić information content (AvgIpc) is 3.12. The van der Waals surface area contributed by atoms with E-state index >= 15 is 0 Å². The molecule has 1 aliphatic heterocycles. The SMILES string of the molecule is O=C(c1ccc(NCCc2ccccn2)cc1)N1CCC(CCO)C1. The lowest BCUT2D eigenvalue weighted by Crippen LogP contribution is -2.28. The Morgan fingerprint density at radius 2 is 2.08 bits per heavy atom. The van der Waals surface area contributed by atoms with Crippen molar-refractivity contribution in [2.75, 3.05) is 31.6 Å². The molecule has 0 aliphatic carbocycles. The van der Waals surface area contributed by atoms with Crippen molar-refractivity contribution in [1.29, 1.82) is 0 Å². The van der Waals surface area contributed by atoms with Crippen LogP contribution in [0.15, 0.2) is 48.7 Å². The first-order valence-corrected chi connectivity index (χ1v) is 8.90. The molecule has 1 unspecified atom stereocenters. The standard InChI is InChI=1S/C20H25N3O2/c24-14-10-16-9-13-23(15-16)20(25)17-4-6-19(7-5-17)22-12-8-18-3-1-2-11-21-18/h1-7,11,16,22,24H,8-10,12-15H2. The minimum absolute atomic E-state index is 0.0838. The number of likely N-dealkylation sites (tertiary alicyclic amines) is 1. The van der Waals surface area contributed by atoms with Gasteiger partial charge >= 0.3 is 0 Å². The molecule has 1 aliphatic rings. The summed E-state index contributed by atoms with van der Waals surface area (Å²) in [6.07, 6.45) is 4.43. The first-order valence-electron chi connectivity index (χ1n) is 8.90. The van der Waals surface area contributed by atoms with Crippen molar-refractivity contribution in [2.24, 2.45) is 5.92 Å². The highest BCUT2D eigenvalue weighted by atomic mass is 16.3. The number of nitrogens with zero attached hydrogens (tertiary/aromatic N) is 2. The Kier molecular flexibility index (Phi) is 6.01. The molecular formula is C20H25N3O2. The van der Waals surface area contributed by atoms with Crippen LogP contribution in [0.1, 0.15) is 28.9 Å². The van der Waals surface area contributed by atoms with E-state index in [0.29, 0.717) is 5.92 Å². The quantitative estimate of drug-likeness (QED) is 0.814. The minimum atomic E-state index is 0.0838. The van der Waals surface area contributed by atoms with Crippen molar-refractivity contribution in [2.45, 2.75) is 19.3 Å². The molecule has 1 aromatic carbocycles. The maximum Gasteiger partial charge on any atom is 0.253 e. The summed E-state index contributed by atoms with van der Waals surface area (Å²) in [5.41, 5.74) is 2.79. The summed E-state index contributed by atoms with van der Waals surface area (Å²) in [5, 5.41) is 12.4. The third-order valence-electron chi connectivity index (χ3n) is 4.68. The van der Waals surface area contributed by atoms with E-state index in [-0.39, 0.29) is 12.5 Å². The van der Waals surface area contributed by atoms with Crippen LogP contribution in [0.4, 0.5) is 5.69 Å². The van der Waals surface area contributed by atoms with E-state index in [4.69, 9.17) is 5.11 Å². The number of hydrogen-bond donors (Lipinski definition) is 2. The lowest BCUT2D eigenvalue weighted by molar-refractivity contribution is 0.0785. The highest BCUT2D eigenvalue weighted by Gasteiger charge is 2.26. The van der Waals surface area contributed by atoms with Gasteiger partial charge in [0.25, 0.3) is 5.91 Å². The maximum atomic E-state index is 12.5. The van der Waals surface area contributed by atoms with Crippen LogP contribution in [0.5, 0.6) is 0 Å². The Labute approximate surface area is 148 Å². The van der Waals surface area contributed by atoms with Crippen LogP contribution < -0.4 is 5.32 Å². The predicted molar refractivity (Wildman–Crippen MR) is 98.6 cm³/mol. The van der Waals surface area contributed by atoms with E-state index < -0.39 is 0 Å². The first-order chi connectivity index (χ1) is 12.3. The average molecular weight is 339 g/mol. The fourth-order valence-electron chi connectivity index (χ4n) is 3.23. The number of amides is 1. The van der Waals surface area contributed by atoms with Crippen molar-refractivity contribution >= 4 is 11.6 Å². The molecule has 132 valence electrons. The molecule has 1 fully saturated rings. The second kappa shape index (κ2) is 8.62. The Hall–Kier alpha value is -2.40. The van der Waals surface area contributed by atoms with Crippen LogP contribution >= 0.6 is 0 Å². The van der Waals surface area contributed by atoms with Crippen LogP contribution in [-0.2, 0) is 6.42 Å². The fourth-order valence-corrected chi connectivity index (χ4v) is 3.23. The predicted octanol–water partition coefficient (Wildman–Crippen LogP) is 2.58. The Morgan fingerprint density at radius 1 is 1.24 bits per heavy atom. The van der Waals surface area contributed by atoms with Crippen LogP contribution in [0.25, 0.3) is 0 Å². The molecule has 0 bridgehead atoms. The van der Waals surface area contributed by atoms with Crippen molar-refractivity contribution in [3.63, 3.8) is 0 Å². The van der Waals surface area contributed by atoms with Gasteiger partial charge in [-0.25, -0.2) is 0 Å². The number of hydrogen-bond acceptors (Lipinski definition) is 4. The van der Waals surface area contributed by atoms with Gasteiger partial charge in [-0.15, -0.1) is 0 Å². The monoisotopic (exact) mass is 339 g/mol. The number of nitrogens with one attached hydrogen (secondary N) is 1. The molecule has 5 nitrogen and oxygen atoms in total. The highest BCUT2D eigenvalue weighted by Crippen LogP contribution is 2.21. The van der Waals surface area contributed by atoms with Crippen molar-refractivity contribution in [1.82, 2.24) is 9.88 Å². The van der Waals surface area contributed by atoms with Crippen LogP contribution in [-0.4, -0.2) is 47.1 Å². The molecular weight excluding hydrogens is 314 g/mol. The number of benzene rings is 1. The zero-order chi connectivity index (χ0) is 17.5. The number of aliphatic hydroxyl groups is 1. The number of carbonyl (C=O) groups is 1. The van der Waals surface area contributed by atoms with E-state index in [2.05, 4.69) is 10.3 Å². The van der Waals surface area contributed by atoms with Gasteiger partial charge in [0.1, 0.15) is 0 Å². The summed E-state index contributed by atoms with van der Waals surface area (Å²) in [6, 6.07) is 13.6. The topological polar surface area (TPSA) is 65.5 Å². The molecule has 1 amide bonds. The van der Waals surface area contributed by atoms with E-state index in [9.17, 15) is 4.79 Å². The van der Waals surface area contributed by atoms with Gasteiger partial charge in [-0.2, -0.15) is 0 Å². The molecule has 1 aromatic heterocycles. The van der Waals surface area contributed by atoms with Crippen molar-refractivity contribution in [3.05, 3.63) is 59.9 Å². The van der Waals surface area contributed by atoms with Crippen molar-refractivity contribution < 1.29 is 9.90 Å². The third-order valence-corrected chi connectivity index (χ3v) is 4.68. The Morgan fingerprint density at radius 3 is 2.80 bits per heavy atom. The van der Waals surface area contributed by atoms with Gasteiger partial charge in [0.05, 0.1) is 0 Å². The number of pyridine rings is 1. The van der Waals surface area contributed by atoms with E-state index in [1.807, 2.05) is 47.4 Å². The van der Waals surface area contributed by atoms with Crippen LogP contribution in [0.3, 0.4) is 0 Å². The summed E-state index contributed by atoms with van der Waals surface area (Å²) >= 11 is 0.